The first-order valence-electron chi connectivity index (χ1n) is 15.0. The molecular weight excluding hydrogens is 575 g/mol. The number of allylic oxidation sites excluding steroid dienone is 12. The number of aldehydes is 1. The second kappa shape index (κ2) is 24.4. The summed E-state index contributed by atoms with van der Waals surface area (Å²) in [6, 6.07) is 3.22. The third-order valence-corrected chi connectivity index (χ3v) is 9.51. The van der Waals surface area contributed by atoms with E-state index in [2.05, 4.69) is 84.1 Å². The average Bonchev–Trinajstić information content (AvgIpc) is 2.98. The van der Waals surface area contributed by atoms with E-state index in [1.165, 1.54) is 10.8 Å². The molecule has 1 aromatic rings. The Morgan fingerprint density at radius 2 is 1.44 bits per heavy atom. The van der Waals surface area contributed by atoms with Gasteiger partial charge in [-0.15, -0.1) is 0 Å². The van der Waals surface area contributed by atoms with Gasteiger partial charge < -0.3 is 15.8 Å². The number of rotatable bonds is 23. The van der Waals surface area contributed by atoms with Gasteiger partial charge in [0.05, 0.1) is 17.2 Å². The molecule has 8 heteroatoms. The van der Waals surface area contributed by atoms with Gasteiger partial charge in [0.2, 0.25) is 5.91 Å². The van der Waals surface area contributed by atoms with Gasteiger partial charge in [-0.25, -0.2) is 0 Å². The highest BCUT2D eigenvalue weighted by atomic mass is 33.1. The summed E-state index contributed by atoms with van der Waals surface area (Å²) >= 11 is 0. The molecule has 0 aliphatic rings. The second-order valence-electron chi connectivity index (χ2n) is 10.2. The van der Waals surface area contributed by atoms with Crippen molar-refractivity contribution in [2.75, 3.05) is 12.3 Å². The fourth-order valence-corrected chi connectivity index (χ4v) is 6.42. The van der Waals surface area contributed by atoms with E-state index in [-0.39, 0.29) is 11.5 Å². The number of pyridine rings is 1. The number of carbonyl (C=O) groups is 3. The van der Waals surface area contributed by atoms with Crippen molar-refractivity contribution >= 4 is 39.7 Å². The zero-order chi connectivity index (χ0) is 31.6. The Bertz CT molecular complexity index is 1140. The van der Waals surface area contributed by atoms with Crippen LogP contribution in [0.1, 0.15) is 94.1 Å². The Morgan fingerprint density at radius 3 is 1.95 bits per heavy atom. The van der Waals surface area contributed by atoms with Crippen LogP contribution in [0.2, 0.25) is 0 Å². The molecule has 43 heavy (non-hydrogen) atoms. The maximum Gasteiger partial charge on any atom is 0.250 e. The number of hydrogen-bond donors (Lipinski definition) is 2. The lowest BCUT2D eigenvalue weighted by Crippen LogP contribution is -2.30. The van der Waals surface area contributed by atoms with Crippen LogP contribution in [0.15, 0.2) is 91.2 Å². The van der Waals surface area contributed by atoms with Crippen molar-refractivity contribution in [2.24, 2.45) is 5.73 Å². The van der Waals surface area contributed by atoms with Crippen LogP contribution in [-0.2, 0) is 9.59 Å². The zero-order valence-corrected chi connectivity index (χ0v) is 27.6. The minimum atomic E-state index is -0.602. The van der Waals surface area contributed by atoms with Crippen molar-refractivity contribution in [3.63, 3.8) is 0 Å². The standard InChI is InChI=1S/C35H49N3O3S2/c1-4-5-6-7-8-9-10-11-12-13-14-15-16-17-18-19-20-21-22-25-32(40)37-27-28-42-43-35(2,3)31(29-39)33-30(34(36)41)24-23-26-38-33/h5-6,8-9,11-12,14-15,17-18,20-21,23-24,26,29,31H,4,7,10,13,16,19,22,25,27-28H2,1-3H3,(H2,36,41)(H,37,40)/b6-5-,9-8-,12-11-,15-14-,18-17-,21-20-/t31-/m0/s1. The minimum Gasteiger partial charge on any atom is -0.366 e. The minimum absolute atomic E-state index is 0.0229. The summed E-state index contributed by atoms with van der Waals surface area (Å²) in [4.78, 5) is 40.1. The molecule has 0 fully saturated rings. The van der Waals surface area contributed by atoms with Crippen molar-refractivity contribution in [1.82, 2.24) is 10.3 Å². The van der Waals surface area contributed by atoms with Gasteiger partial charge in [-0.1, -0.05) is 101 Å². The molecule has 0 saturated heterocycles. The van der Waals surface area contributed by atoms with Gasteiger partial charge in [-0.2, -0.15) is 0 Å². The summed E-state index contributed by atoms with van der Waals surface area (Å²) in [6.45, 7) is 6.56. The number of primary amides is 1. The van der Waals surface area contributed by atoms with Crippen molar-refractivity contribution in [1.29, 1.82) is 0 Å². The predicted octanol–water partition coefficient (Wildman–Crippen LogP) is 8.22. The molecule has 1 heterocycles. The number of nitrogens with two attached hydrogens (primary N) is 1. The monoisotopic (exact) mass is 623 g/mol. The van der Waals surface area contributed by atoms with Crippen LogP contribution in [0.5, 0.6) is 0 Å². The van der Waals surface area contributed by atoms with Crippen molar-refractivity contribution < 1.29 is 14.4 Å². The van der Waals surface area contributed by atoms with Gasteiger partial charge in [0.1, 0.15) is 6.29 Å². The van der Waals surface area contributed by atoms with Crippen LogP contribution in [0.4, 0.5) is 0 Å². The molecule has 1 aromatic heterocycles. The first-order chi connectivity index (χ1) is 20.8. The van der Waals surface area contributed by atoms with Crippen LogP contribution in [0.25, 0.3) is 0 Å². The van der Waals surface area contributed by atoms with Crippen LogP contribution in [0, 0.1) is 0 Å². The van der Waals surface area contributed by atoms with Gasteiger partial charge in [-0.3, -0.25) is 14.6 Å². The summed E-state index contributed by atoms with van der Waals surface area (Å²) in [7, 11) is 3.11. The van der Waals surface area contributed by atoms with E-state index in [9.17, 15) is 14.4 Å². The summed E-state index contributed by atoms with van der Waals surface area (Å²) in [5.41, 5.74) is 6.13. The summed E-state index contributed by atoms with van der Waals surface area (Å²) in [6.07, 6.45) is 35.4. The van der Waals surface area contributed by atoms with E-state index in [1.807, 2.05) is 19.9 Å². The number of aromatic nitrogens is 1. The third-order valence-electron chi connectivity index (χ3n) is 6.20. The number of amides is 2. The van der Waals surface area contributed by atoms with Gasteiger partial charge >= 0.3 is 0 Å². The topological polar surface area (TPSA) is 102 Å². The smallest absolute Gasteiger partial charge is 0.250 e. The molecule has 0 unspecified atom stereocenters. The molecule has 0 aromatic carbocycles. The largest absolute Gasteiger partial charge is 0.366 e. The van der Waals surface area contributed by atoms with Gasteiger partial charge in [0.25, 0.3) is 5.91 Å². The first kappa shape index (κ1) is 37.9. The van der Waals surface area contributed by atoms with E-state index in [4.69, 9.17) is 5.73 Å². The van der Waals surface area contributed by atoms with Crippen LogP contribution in [0.3, 0.4) is 0 Å². The Hall–Kier alpha value is -3.10. The Kier molecular flexibility index (Phi) is 21.5. The van der Waals surface area contributed by atoms with E-state index in [0.29, 0.717) is 30.8 Å². The highest BCUT2D eigenvalue weighted by molar-refractivity contribution is 8.77. The molecule has 0 aliphatic carbocycles. The molecule has 0 aliphatic heterocycles. The van der Waals surface area contributed by atoms with Crippen molar-refractivity contribution in [2.45, 2.75) is 82.8 Å². The molecule has 0 bridgehead atoms. The Morgan fingerprint density at radius 1 is 0.907 bits per heavy atom. The van der Waals surface area contributed by atoms with Crippen LogP contribution < -0.4 is 11.1 Å². The average molecular weight is 624 g/mol. The van der Waals surface area contributed by atoms with Crippen molar-refractivity contribution in [3.05, 3.63) is 102 Å². The van der Waals surface area contributed by atoms with E-state index >= 15 is 0 Å². The lowest BCUT2D eigenvalue weighted by Gasteiger charge is -2.29. The van der Waals surface area contributed by atoms with Crippen LogP contribution >= 0.6 is 21.6 Å². The molecule has 0 saturated carbocycles. The highest BCUT2D eigenvalue weighted by Gasteiger charge is 2.35. The van der Waals surface area contributed by atoms with E-state index < -0.39 is 16.6 Å². The van der Waals surface area contributed by atoms with E-state index in [0.717, 1.165) is 44.8 Å². The maximum atomic E-state index is 12.1. The molecule has 0 radical (unpaired) electrons. The van der Waals surface area contributed by atoms with Gasteiger partial charge in [0.15, 0.2) is 0 Å². The van der Waals surface area contributed by atoms with Gasteiger partial charge in [-0.05, 0) is 70.9 Å². The number of hydrogen-bond acceptors (Lipinski definition) is 6. The lowest BCUT2D eigenvalue weighted by molar-refractivity contribution is -0.120. The third kappa shape index (κ3) is 18.2. The lowest BCUT2D eigenvalue weighted by atomic mass is 9.89. The molecule has 1 rings (SSSR count). The Balaban J connectivity index is 2.15. The summed E-state index contributed by atoms with van der Waals surface area (Å²) < 4.78 is -0.523. The zero-order valence-electron chi connectivity index (χ0n) is 26.0. The normalized spacial score (nSPS) is 13.4. The number of nitrogens with one attached hydrogen (secondary N) is 1. The van der Waals surface area contributed by atoms with Gasteiger partial charge in [0, 0.05) is 29.7 Å². The van der Waals surface area contributed by atoms with Crippen molar-refractivity contribution in [3.8, 4) is 0 Å². The number of carbonyl (C=O) groups excluding carboxylic acids is 3. The molecule has 0 spiro atoms. The summed E-state index contributed by atoms with van der Waals surface area (Å²) in [5, 5.41) is 2.94. The molecule has 234 valence electrons. The fraction of sp³-hybridized carbons (Fsp3) is 0.429. The molecule has 2 amide bonds. The maximum absolute atomic E-state index is 12.1. The van der Waals surface area contributed by atoms with E-state index in [1.54, 1.807) is 29.1 Å². The summed E-state index contributed by atoms with van der Waals surface area (Å²) in [5.74, 6) is -0.481. The molecule has 6 nitrogen and oxygen atoms in total. The second-order valence-corrected chi connectivity index (χ2v) is 13.3. The van der Waals surface area contributed by atoms with Crippen LogP contribution in [-0.4, -0.2) is 40.1 Å². The fourth-order valence-electron chi connectivity index (χ4n) is 3.85. The molecule has 1 atom stereocenters. The molecule has 3 N–H and O–H groups in total. The Labute approximate surface area is 266 Å². The quantitative estimate of drug-likeness (QED) is 0.0551. The number of nitrogens with zero attached hydrogens (tertiary/aromatic N) is 1. The molecular formula is C35H49N3O3S2. The SMILES string of the molecule is CC/C=C\C/C=C\C/C=C\C/C=C\C/C=C\C/C=C\CCC(=O)NCCSSC(C)(C)[C@@H](C=O)c1ncccc1C(N)=O. The predicted molar refractivity (Wildman–Crippen MR) is 186 cm³/mol. The highest BCUT2D eigenvalue weighted by Crippen LogP contribution is 2.44. The first-order valence-corrected chi connectivity index (χ1v) is 17.3.